The van der Waals surface area contributed by atoms with E-state index in [2.05, 4.69) is 4.98 Å². The Kier molecular flexibility index (Phi) is 3.31. The number of nitrogens with zero attached hydrogens (tertiary/aromatic N) is 2. The van der Waals surface area contributed by atoms with Gasteiger partial charge in [0, 0.05) is 29.9 Å². The van der Waals surface area contributed by atoms with Crippen LogP contribution in [0.15, 0.2) is 29.3 Å². The fraction of sp³-hybridized carbons (Fsp3) is 0.308. The Balaban J connectivity index is 2.23. The van der Waals surface area contributed by atoms with Crippen molar-refractivity contribution in [2.24, 2.45) is 5.73 Å². The maximum atomic E-state index is 14.0. The molecule has 6 nitrogen and oxygen atoms in total. The van der Waals surface area contributed by atoms with E-state index < -0.39 is 21.7 Å². The molecule has 0 amide bonds. The molecule has 1 aromatic heterocycles. The minimum Gasteiger partial charge on any atom is -0.493 e. The van der Waals surface area contributed by atoms with E-state index in [1.807, 2.05) is 0 Å². The molecular weight excluding hydrogens is 297 g/mol. The third kappa shape index (κ3) is 2.25. The smallest absolute Gasteiger partial charge is 0.243 e. The summed E-state index contributed by atoms with van der Waals surface area (Å²) in [6, 6.07) is 3.99. The topological polar surface area (TPSA) is 96.5 Å². The Morgan fingerprint density at radius 1 is 1.43 bits per heavy atom. The number of fused-ring (bicyclic) bond motifs is 1. The van der Waals surface area contributed by atoms with Gasteiger partial charge in [0.2, 0.25) is 15.9 Å². The van der Waals surface area contributed by atoms with Crippen molar-refractivity contribution < 1.29 is 17.9 Å². The molecule has 1 saturated heterocycles. The number of sulfonamides is 1. The second kappa shape index (κ2) is 4.90. The van der Waals surface area contributed by atoms with Crippen molar-refractivity contribution >= 4 is 20.8 Å². The number of nitrogens with two attached hydrogens (primary N) is 1. The minimum atomic E-state index is -3.86. The van der Waals surface area contributed by atoms with Crippen LogP contribution in [0, 0.1) is 5.82 Å². The summed E-state index contributed by atoms with van der Waals surface area (Å²) in [6.07, 6.45) is 1.38. The summed E-state index contributed by atoms with van der Waals surface area (Å²) < 4.78 is 40.6. The highest BCUT2D eigenvalue weighted by atomic mass is 32.2. The summed E-state index contributed by atoms with van der Waals surface area (Å²) in [5.74, 6) is -1.19. The average Bonchev–Trinajstić information content (AvgIpc) is 2.90. The van der Waals surface area contributed by atoms with Crippen LogP contribution in [0.3, 0.4) is 0 Å². The first-order chi connectivity index (χ1) is 9.91. The molecule has 1 aliphatic rings. The Morgan fingerprint density at radius 3 is 2.86 bits per heavy atom. The molecular formula is C13H14FN3O3S. The summed E-state index contributed by atoms with van der Waals surface area (Å²) in [6.45, 7) is 0.510. The van der Waals surface area contributed by atoms with Gasteiger partial charge in [0.25, 0.3) is 0 Å². The predicted molar refractivity (Wildman–Crippen MR) is 74.7 cm³/mol. The van der Waals surface area contributed by atoms with Crippen LogP contribution in [-0.4, -0.2) is 41.9 Å². The molecule has 1 atom stereocenters. The van der Waals surface area contributed by atoms with Gasteiger partial charge in [-0.05, 0) is 18.6 Å². The van der Waals surface area contributed by atoms with Crippen LogP contribution in [-0.2, 0) is 10.0 Å². The second-order valence-corrected chi connectivity index (χ2v) is 6.93. The molecule has 0 spiro atoms. The summed E-state index contributed by atoms with van der Waals surface area (Å²) in [7, 11) is -3.86. The molecule has 1 aliphatic heterocycles. The van der Waals surface area contributed by atoms with E-state index in [1.165, 1.54) is 22.5 Å². The lowest BCUT2D eigenvalue weighted by Crippen LogP contribution is -2.32. The molecule has 2 aromatic rings. The molecule has 21 heavy (non-hydrogen) atoms. The summed E-state index contributed by atoms with van der Waals surface area (Å²) >= 11 is 0. The molecule has 0 unspecified atom stereocenters. The first-order valence-electron chi connectivity index (χ1n) is 6.43. The van der Waals surface area contributed by atoms with E-state index in [-0.39, 0.29) is 28.3 Å². The number of hydrogen-bond donors (Lipinski definition) is 2. The Bertz CT molecular complexity index is 810. The number of aromatic hydroxyl groups is 1. The van der Waals surface area contributed by atoms with Gasteiger partial charge in [0.05, 0.1) is 11.1 Å². The molecule has 0 radical (unpaired) electrons. The van der Waals surface area contributed by atoms with Gasteiger partial charge < -0.3 is 10.8 Å². The normalized spacial score (nSPS) is 20.2. The summed E-state index contributed by atoms with van der Waals surface area (Å²) in [4.78, 5) is 3.32. The van der Waals surface area contributed by atoms with Gasteiger partial charge in [-0.15, -0.1) is 0 Å². The van der Waals surface area contributed by atoms with Crippen LogP contribution in [0.1, 0.15) is 6.42 Å². The van der Waals surface area contributed by atoms with Crippen LogP contribution >= 0.6 is 0 Å². The highest BCUT2D eigenvalue weighted by molar-refractivity contribution is 7.89. The molecule has 8 heteroatoms. The first-order valence-corrected chi connectivity index (χ1v) is 7.87. The zero-order chi connectivity index (χ0) is 15.2. The molecule has 0 aliphatic carbocycles. The van der Waals surface area contributed by atoms with Gasteiger partial charge >= 0.3 is 0 Å². The third-order valence-corrected chi connectivity index (χ3v) is 5.52. The van der Waals surface area contributed by atoms with Gasteiger partial charge in [-0.25, -0.2) is 17.8 Å². The number of hydrogen-bond acceptors (Lipinski definition) is 5. The van der Waals surface area contributed by atoms with Crippen molar-refractivity contribution in [3.05, 3.63) is 30.2 Å². The van der Waals surface area contributed by atoms with Crippen molar-refractivity contribution in [3.8, 4) is 5.88 Å². The lowest BCUT2D eigenvalue weighted by molar-refractivity contribution is 0.457. The Morgan fingerprint density at radius 2 is 2.19 bits per heavy atom. The van der Waals surface area contributed by atoms with Gasteiger partial charge in [-0.3, -0.25) is 0 Å². The lowest BCUT2D eigenvalue weighted by Gasteiger charge is -2.17. The first kappa shape index (κ1) is 14.2. The number of rotatable bonds is 2. The molecule has 0 bridgehead atoms. The SMILES string of the molecule is N[C@H]1CCN(S(=O)(=O)c2cccc3c(O)ncc(F)c23)C1. The van der Waals surface area contributed by atoms with Crippen molar-refractivity contribution in [1.82, 2.24) is 9.29 Å². The molecule has 1 aromatic carbocycles. The van der Waals surface area contributed by atoms with Gasteiger partial charge in [0.15, 0.2) is 5.82 Å². The van der Waals surface area contributed by atoms with E-state index in [0.29, 0.717) is 13.0 Å². The summed E-state index contributed by atoms with van der Waals surface area (Å²) in [5.41, 5.74) is 5.74. The quantitative estimate of drug-likeness (QED) is 0.855. The lowest BCUT2D eigenvalue weighted by atomic mass is 10.1. The monoisotopic (exact) mass is 311 g/mol. The van der Waals surface area contributed by atoms with E-state index in [1.54, 1.807) is 0 Å². The van der Waals surface area contributed by atoms with Gasteiger partial charge in [-0.1, -0.05) is 6.07 Å². The van der Waals surface area contributed by atoms with E-state index in [4.69, 9.17) is 5.73 Å². The molecule has 3 rings (SSSR count). The third-order valence-electron chi connectivity index (χ3n) is 3.61. The largest absolute Gasteiger partial charge is 0.493 e. The van der Waals surface area contributed by atoms with Gasteiger partial charge in [-0.2, -0.15) is 4.31 Å². The number of halogens is 1. The Hall–Kier alpha value is -1.77. The van der Waals surface area contributed by atoms with Crippen LogP contribution in [0.5, 0.6) is 5.88 Å². The molecule has 3 N–H and O–H groups in total. The maximum absolute atomic E-state index is 14.0. The van der Waals surface area contributed by atoms with E-state index >= 15 is 0 Å². The molecule has 2 heterocycles. The minimum absolute atomic E-state index is 0.0690. The van der Waals surface area contributed by atoms with Crippen LogP contribution < -0.4 is 5.73 Å². The van der Waals surface area contributed by atoms with Crippen molar-refractivity contribution in [3.63, 3.8) is 0 Å². The highest BCUT2D eigenvalue weighted by Gasteiger charge is 2.32. The van der Waals surface area contributed by atoms with Crippen molar-refractivity contribution in [2.45, 2.75) is 17.4 Å². The maximum Gasteiger partial charge on any atom is 0.243 e. The van der Waals surface area contributed by atoms with Crippen molar-refractivity contribution in [1.29, 1.82) is 0 Å². The Labute approximate surface area is 121 Å². The fourth-order valence-electron chi connectivity index (χ4n) is 2.54. The zero-order valence-corrected chi connectivity index (χ0v) is 11.8. The van der Waals surface area contributed by atoms with Gasteiger partial charge in [0.1, 0.15) is 0 Å². The fourth-order valence-corrected chi connectivity index (χ4v) is 4.27. The highest BCUT2D eigenvalue weighted by Crippen LogP contribution is 2.32. The van der Waals surface area contributed by atoms with E-state index in [9.17, 15) is 17.9 Å². The zero-order valence-electron chi connectivity index (χ0n) is 11.0. The number of benzene rings is 1. The van der Waals surface area contributed by atoms with Crippen LogP contribution in [0.25, 0.3) is 10.8 Å². The molecule has 0 saturated carbocycles. The standard InChI is InChI=1S/C13H14FN3O3S/c14-10-6-16-13(18)9-2-1-3-11(12(9)10)21(19,20)17-5-4-8(15)7-17/h1-3,6,8H,4-5,7,15H2,(H,16,18)/t8-/m0/s1. The predicted octanol–water partition coefficient (Wildman–Crippen LogP) is 0.801. The van der Waals surface area contributed by atoms with E-state index in [0.717, 1.165) is 6.20 Å². The van der Waals surface area contributed by atoms with Crippen LogP contribution in [0.2, 0.25) is 0 Å². The van der Waals surface area contributed by atoms with Crippen molar-refractivity contribution in [2.75, 3.05) is 13.1 Å². The number of pyridine rings is 1. The van der Waals surface area contributed by atoms with Crippen LogP contribution in [0.4, 0.5) is 4.39 Å². The second-order valence-electron chi connectivity index (χ2n) is 5.02. The molecule has 1 fully saturated rings. The number of aromatic nitrogens is 1. The molecule has 112 valence electrons. The average molecular weight is 311 g/mol. The summed E-state index contributed by atoms with van der Waals surface area (Å²) in [5, 5.41) is 9.61.